The Kier molecular flexibility index (Phi) is 3.90. The maximum absolute atomic E-state index is 12.3. The SMILES string of the molecule is Cn1cncc1C(=O)N1CCSCC1CC(=O)O. The lowest BCUT2D eigenvalue weighted by Gasteiger charge is -2.34. The summed E-state index contributed by atoms with van der Waals surface area (Å²) in [5, 5.41) is 8.89. The van der Waals surface area contributed by atoms with E-state index in [1.54, 1.807) is 34.6 Å². The first kappa shape index (κ1) is 12.9. The Hall–Kier alpha value is -1.50. The van der Waals surface area contributed by atoms with Crippen LogP contribution in [-0.4, -0.2) is 55.5 Å². The zero-order chi connectivity index (χ0) is 13.1. The van der Waals surface area contributed by atoms with Crippen molar-refractivity contribution in [2.75, 3.05) is 18.1 Å². The molecule has 0 saturated carbocycles. The van der Waals surface area contributed by atoms with E-state index >= 15 is 0 Å². The molecule has 1 N–H and O–H groups in total. The highest BCUT2D eigenvalue weighted by molar-refractivity contribution is 7.99. The molecule has 0 bridgehead atoms. The number of carboxylic acid groups (broad SMARTS) is 1. The average molecular weight is 269 g/mol. The second-order valence-electron chi connectivity index (χ2n) is 4.21. The molecule has 1 amide bonds. The number of carbonyl (C=O) groups excluding carboxylic acids is 1. The maximum atomic E-state index is 12.3. The standard InChI is InChI=1S/C11H15N3O3S/c1-13-7-12-5-9(13)11(17)14-2-3-18-6-8(14)4-10(15)16/h5,7-8H,2-4,6H2,1H3,(H,15,16). The second kappa shape index (κ2) is 5.43. The van der Waals surface area contributed by atoms with E-state index in [9.17, 15) is 9.59 Å². The van der Waals surface area contributed by atoms with Gasteiger partial charge in [-0.2, -0.15) is 11.8 Å². The van der Waals surface area contributed by atoms with Crippen LogP contribution in [0, 0.1) is 0 Å². The molecule has 1 aliphatic rings. The van der Waals surface area contributed by atoms with Crippen LogP contribution >= 0.6 is 11.8 Å². The topological polar surface area (TPSA) is 75.4 Å². The van der Waals surface area contributed by atoms with Crippen LogP contribution in [0.15, 0.2) is 12.5 Å². The Morgan fingerprint density at radius 3 is 3.00 bits per heavy atom. The average Bonchev–Trinajstić information content (AvgIpc) is 2.74. The highest BCUT2D eigenvalue weighted by Crippen LogP contribution is 2.21. The number of aliphatic carboxylic acids is 1. The molecule has 1 atom stereocenters. The zero-order valence-electron chi connectivity index (χ0n) is 10.1. The van der Waals surface area contributed by atoms with Gasteiger partial charge in [-0.25, -0.2) is 4.98 Å². The molecule has 2 rings (SSSR count). The molecule has 1 aromatic rings. The summed E-state index contributed by atoms with van der Waals surface area (Å²) >= 11 is 1.69. The number of carbonyl (C=O) groups is 2. The van der Waals surface area contributed by atoms with E-state index in [0.29, 0.717) is 18.0 Å². The van der Waals surface area contributed by atoms with Gasteiger partial charge in [-0.1, -0.05) is 0 Å². The third kappa shape index (κ3) is 2.66. The molecular weight excluding hydrogens is 254 g/mol. The van der Waals surface area contributed by atoms with Crippen LogP contribution in [0.2, 0.25) is 0 Å². The minimum Gasteiger partial charge on any atom is -0.481 e. The van der Waals surface area contributed by atoms with Crippen molar-refractivity contribution in [3.05, 3.63) is 18.2 Å². The van der Waals surface area contributed by atoms with E-state index in [1.165, 1.54) is 6.20 Å². The number of thioether (sulfide) groups is 1. The van der Waals surface area contributed by atoms with Crippen LogP contribution < -0.4 is 0 Å². The number of aromatic nitrogens is 2. The fourth-order valence-corrected chi connectivity index (χ4v) is 3.07. The molecule has 0 aromatic carbocycles. The van der Waals surface area contributed by atoms with Gasteiger partial charge >= 0.3 is 5.97 Å². The molecule has 2 heterocycles. The van der Waals surface area contributed by atoms with Crippen molar-refractivity contribution in [2.45, 2.75) is 12.5 Å². The predicted molar refractivity (Wildman–Crippen MR) is 67.6 cm³/mol. The second-order valence-corrected chi connectivity index (χ2v) is 5.36. The van der Waals surface area contributed by atoms with Crippen LogP contribution in [0.3, 0.4) is 0 Å². The largest absolute Gasteiger partial charge is 0.481 e. The van der Waals surface area contributed by atoms with E-state index < -0.39 is 5.97 Å². The first-order chi connectivity index (χ1) is 8.59. The van der Waals surface area contributed by atoms with Gasteiger partial charge in [0.15, 0.2) is 0 Å². The summed E-state index contributed by atoms with van der Waals surface area (Å²) in [5.41, 5.74) is 0.497. The van der Waals surface area contributed by atoms with Crippen molar-refractivity contribution < 1.29 is 14.7 Å². The van der Waals surface area contributed by atoms with E-state index in [0.717, 1.165) is 5.75 Å². The zero-order valence-corrected chi connectivity index (χ0v) is 10.9. The Morgan fingerprint density at radius 2 is 2.39 bits per heavy atom. The molecule has 0 spiro atoms. The number of rotatable bonds is 3. The third-order valence-corrected chi connectivity index (χ3v) is 4.03. The van der Waals surface area contributed by atoms with Crippen LogP contribution in [-0.2, 0) is 11.8 Å². The van der Waals surface area contributed by atoms with Crippen LogP contribution in [0.1, 0.15) is 16.9 Å². The molecule has 0 aliphatic carbocycles. The van der Waals surface area contributed by atoms with Gasteiger partial charge in [-0.15, -0.1) is 0 Å². The summed E-state index contributed by atoms with van der Waals surface area (Å²) < 4.78 is 1.65. The van der Waals surface area contributed by atoms with Gasteiger partial charge in [-0.3, -0.25) is 9.59 Å². The lowest BCUT2D eigenvalue weighted by atomic mass is 10.2. The summed E-state index contributed by atoms with van der Waals surface area (Å²) in [5.74, 6) is 0.516. The Bertz CT molecular complexity index is 460. The summed E-state index contributed by atoms with van der Waals surface area (Å²) in [7, 11) is 1.76. The number of carboxylic acids is 1. The van der Waals surface area contributed by atoms with Crippen molar-refractivity contribution in [1.29, 1.82) is 0 Å². The fourth-order valence-electron chi connectivity index (χ4n) is 2.00. The van der Waals surface area contributed by atoms with Gasteiger partial charge in [0, 0.05) is 25.1 Å². The van der Waals surface area contributed by atoms with Crippen molar-refractivity contribution in [3.63, 3.8) is 0 Å². The van der Waals surface area contributed by atoms with Crippen molar-refractivity contribution >= 4 is 23.6 Å². The third-order valence-electron chi connectivity index (χ3n) is 2.93. The van der Waals surface area contributed by atoms with E-state index in [1.807, 2.05) is 0 Å². The van der Waals surface area contributed by atoms with E-state index in [4.69, 9.17) is 5.11 Å². The van der Waals surface area contributed by atoms with E-state index in [2.05, 4.69) is 4.98 Å². The van der Waals surface area contributed by atoms with Crippen LogP contribution in [0.5, 0.6) is 0 Å². The van der Waals surface area contributed by atoms with Gasteiger partial charge in [0.1, 0.15) is 5.69 Å². The van der Waals surface area contributed by atoms with Gasteiger partial charge in [0.2, 0.25) is 0 Å². The smallest absolute Gasteiger partial charge is 0.305 e. The number of nitrogens with zero attached hydrogens (tertiary/aromatic N) is 3. The number of aryl methyl sites for hydroxylation is 1. The van der Waals surface area contributed by atoms with Crippen LogP contribution in [0.4, 0.5) is 0 Å². The Labute approximate surface area is 109 Å². The lowest BCUT2D eigenvalue weighted by molar-refractivity contribution is -0.138. The number of hydrogen-bond acceptors (Lipinski definition) is 4. The summed E-state index contributed by atoms with van der Waals surface area (Å²) in [4.78, 5) is 28.7. The maximum Gasteiger partial charge on any atom is 0.305 e. The molecule has 7 heteroatoms. The molecule has 1 unspecified atom stereocenters. The lowest BCUT2D eigenvalue weighted by Crippen LogP contribution is -2.47. The molecule has 98 valence electrons. The van der Waals surface area contributed by atoms with Crippen molar-refractivity contribution in [1.82, 2.24) is 14.5 Å². The molecule has 1 aromatic heterocycles. The number of amides is 1. The van der Waals surface area contributed by atoms with Gasteiger partial charge in [-0.05, 0) is 0 Å². The quantitative estimate of drug-likeness (QED) is 0.862. The van der Waals surface area contributed by atoms with Gasteiger partial charge in [0.05, 0.1) is 25.0 Å². The highest BCUT2D eigenvalue weighted by atomic mass is 32.2. The van der Waals surface area contributed by atoms with Gasteiger partial charge in [0.25, 0.3) is 5.91 Å². The molecule has 0 radical (unpaired) electrons. The normalized spacial score (nSPS) is 19.8. The number of imidazole rings is 1. The monoisotopic (exact) mass is 269 g/mol. The summed E-state index contributed by atoms with van der Waals surface area (Å²) in [6.07, 6.45) is 3.08. The highest BCUT2D eigenvalue weighted by Gasteiger charge is 2.30. The first-order valence-electron chi connectivity index (χ1n) is 5.66. The van der Waals surface area contributed by atoms with Gasteiger partial charge < -0.3 is 14.6 Å². The minimum atomic E-state index is -0.870. The fraction of sp³-hybridized carbons (Fsp3) is 0.545. The molecule has 1 fully saturated rings. The summed E-state index contributed by atoms with van der Waals surface area (Å²) in [6.45, 7) is 0.590. The number of hydrogen-bond donors (Lipinski definition) is 1. The Morgan fingerprint density at radius 1 is 1.61 bits per heavy atom. The van der Waals surface area contributed by atoms with Crippen molar-refractivity contribution in [2.24, 2.45) is 7.05 Å². The molecule has 1 saturated heterocycles. The van der Waals surface area contributed by atoms with Crippen LogP contribution in [0.25, 0.3) is 0 Å². The Balaban J connectivity index is 2.16. The predicted octanol–water partition coefficient (Wildman–Crippen LogP) is 0.452. The molecule has 18 heavy (non-hydrogen) atoms. The first-order valence-corrected chi connectivity index (χ1v) is 6.82. The molecular formula is C11H15N3O3S. The minimum absolute atomic E-state index is 0.00338. The van der Waals surface area contributed by atoms with E-state index in [-0.39, 0.29) is 18.4 Å². The molecule has 6 nitrogen and oxygen atoms in total. The summed E-state index contributed by atoms with van der Waals surface area (Å²) in [6, 6.07) is -0.233. The molecule has 1 aliphatic heterocycles. The van der Waals surface area contributed by atoms with Crippen molar-refractivity contribution in [3.8, 4) is 0 Å².